The first-order chi connectivity index (χ1) is 10.6. The number of nitrogens with one attached hydrogen (secondary N) is 1. The van der Waals surface area contributed by atoms with Crippen molar-refractivity contribution in [1.29, 1.82) is 0 Å². The molecule has 1 aromatic heterocycles. The minimum Gasteiger partial charge on any atom is -0.459 e. The second kappa shape index (κ2) is 5.59. The highest BCUT2D eigenvalue weighted by atomic mass is 16.5. The zero-order valence-corrected chi connectivity index (χ0v) is 12.6. The van der Waals surface area contributed by atoms with Crippen molar-refractivity contribution >= 4 is 11.9 Å². The lowest BCUT2D eigenvalue weighted by Crippen LogP contribution is -2.30. The number of hydrogen-bond donors (Lipinski definition) is 1. The molecule has 0 spiro atoms. The molecule has 0 bridgehead atoms. The lowest BCUT2D eigenvalue weighted by atomic mass is 9.96. The summed E-state index contributed by atoms with van der Waals surface area (Å²) in [5.74, 6) is 0.141. The summed E-state index contributed by atoms with van der Waals surface area (Å²) in [7, 11) is 0. The quantitative estimate of drug-likeness (QED) is 0.872. The van der Waals surface area contributed by atoms with Gasteiger partial charge in [-0.2, -0.15) is 4.68 Å². The van der Waals surface area contributed by atoms with Crippen LogP contribution in [0.5, 0.6) is 0 Å². The SMILES string of the molecule is CC1=C(C(=O)OC(C)C)[C@H](c2ccccc2)n2nnnc2N1. The molecule has 0 fully saturated rings. The van der Waals surface area contributed by atoms with Crippen LogP contribution in [0.3, 0.4) is 0 Å². The molecule has 2 heterocycles. The molecule has 7 nitrogen and oxygen atoms in total. The van der Waals surface area contributed by atoms with E-state index in [1.165, 1.54) is 0 Å². The maximum Gasteiger partial charge on any atom is 0.338 e. The van der Waals surface area contributed by atoms with Gasteiger partial charge in [0.05, 0.1) is 11.7 Å². The molecule has 0 saturated heterocycles. The van der Waals surface area contributed by atoms with Gasteiger partial charge in [-0.25, -0.2) is 4.79 Å². The molecule has 0 amide bonds. The Morgan fingerprint density at radius 3 is 2.73 bits per heavy atom. The molecule has 0 radical (unpaired) electrons. The van der Waals surface area contributed by atoms with Gasteiger partial charge in [0, 0.05) is 5.70 Å². The average molecular weight is 299 g/mol. The number of carbonyl (C=O) groups is 1. The maximum absolute atomic E-state index is 12.5. The largest absolute Gasteiger partial charge is 0.459 e. The summed E-state index contributed by atoms with van der Waals surface area (Å²) in [4.78, 5) is 12.5. The van der Waals surface area contributed by atoms with Crippen LogP contribution in [0.1, 0.15) is 32.4 Å². The zero-order chi connectivity index (χ0) is 15.7. The van der Waals surface area contributed by atoms with Crippen molar-refractivity contribution in [2.24, 2.45) is 0 Å². The van der Waals surface area contributed by atoms with E-state index in [4.69, 9.17) is 4.74 Å². The second-order valence-electron chi connectivity index (χ2n) is 5.38. The smallest absolute Gasteiger partial charge is 0.338 e. The van der Waals surface area contributed by atoms with E-state index in [2.05, 4.69) is 20.8 Å². The number of ether oxygens (including phenoxy) is 1. The Labute approximate surface area is 128 Å². The van der Waals surface area contributed by atoms with Crippen molar-refractivity contribution in [2.45, 2.75) is 32.9 Å². The molecule has 0 unspecified atom stereocenters. The van der Waals surface area contributed by atoms with Crippen LogP contribution in [0.25, 0.3) is 0 Å². The minimum absolute atomic E-state index is 0.195. The summed E-state index contributed by atoms with van der Waals surface area (Å²) in [6.07, 6.45) is -0.195. The van der Waals surface area contributed by atoms with Gasteiger partial charge in [-0.15, -0.1) is 0 Å². The van der Waals surface area contributed by atoms with Crippen LogP contribution in [0.15, 0.2) is 41.6 Å². The van der Waals surface area contributed by atoms with E-state index >= 15 is 0 Å². The Kier molecular flexibility index (Phi) is 3.62. The number of benzene rings is 1. The Balaban J connectivity index is 2.10. The maximum atomic E-state index is 12.5. The van der Waals surface area contributed by atoms with E-state index in [1.807, 2.05) is 51.1 Å². The third-order valence-electron chi connectivity index (χ3n) is 3.39. The first-order valence-electron chi connectivity index (χ1n) is 7.09. The molecule has 1 aromatic carbocycles. The van der Waals surface area contributed by atoms with Gasteiger partial charge in [0.25, 0.3) is 0 Å². The second-order valence-corrected chi connectivity index (χ2v) is 5.38. The fourth-order valence-corrected chi connectivity index (χ4v) is 2.50. The van der Waals surface area contributed by atoms with Crippen LogP contribution in [-0.2, 0) is 9.53 Å². The summed E-state index contributed by atoms with van der Waals surface area (Å²) in [5, 5.41) is 14.7. The van der Waals surface area contributed by atoms with Crippen molar-refractivity contribution in [3.63, 3.8) is 0 Å². The van der Waals surface area contributed by atoms with Gasteiger partial charge in [0.1, 0.15) is 6.04 Å². The summed E-state index contributed by atoms with van der Waals surface area (Å²) in [6, 6.07) is 9.24. The van der Waals surface area contributed by atoms with Gasteiger partial charge in [-0.05, 0) is 36.8 Å². The number of hydrogen-bond acceptors (Lipinski definition) is 6. The normalized spacial score (nSPS) is 17.2. The van der Waals surface area contributed by atoms with E-state index in [9.17, 15) is 4.79 Å². The number of esters is 1. The van der Waals surface area contributed by atoms with Crippen LogP contribution >= 0.6 is 0 Å². The van der Waals surface area contributed by atoms with E-state index in [1.54, 1.807) is 4.68 Å². The summed E-state index contributed by atoms with van der Waals surface area (Å²) in [5.41, 5.74) is 2.13. The van der Waals surface area contributed by atoms with Crippen LogP contribution in [-0.4, -0.2) is 32.3 Å². The third kappa shape index (κ3) is 2.45. The molecular weight excluding hydrogens is 282 g/mol. The van der Waals surface area contributed by atoms with Gasteiger partial charge in [0.2, 0.25) is 5.95 Å². The summed E-state index contributed by atoms with van der Waals surface area (Å²) < 4.78 is 6.98. The average Bonchev–Trinajstić information content (AvgIpc) is 2.93. The fraction of sp³-hybridized carbons (Fsp3) is 0.333. The number of rotatable bonds is 3. The first-order valence-corrected chi connectivity index (χ1v) is 7.09. The molecule has 114 valence electrons. The number of fused-ring (bicyclic) bond motifs is 1. The van der Waals surface area contributed by atoms with Crippen molar-refractivity contribution in [2.75, 3.05) is 5.32 Å². The van der Waals surface area contributed by atoms with E-state index < -0.39 is 6.04 Å². The van der Waals surface area contributed by atoms with Crippen LogP contribution in [0.4, 0.5) is 5.95 Å². The Morgan fingerprint density at radius 2 is 2.05 bits per heavy atom. The monoisotopic (exact) mass is 299 g/mol. The number of anilines is 1. The molecule has 7 heteroatoms. The van der Waals surface area contributed by atoms with E-state index in [0.717, 1.165) is 5.56 Å². The highest BCUT2D eigenvalue weighted by Gasteiger charge is 2.35. The molecule has 1 aliphatic heterocycles. The first kappa shape index (κ1) is 14.2. The molecule has 1 N–H and O–H groups in total. The van der Waals surface area contributed by atoms with Gasteiger partial charge >= 0.3 is 5.97 Å². The third-order valence-corrected chi connectivity index (χ3v) is 3.39. The number of aromatic nitrogens is 4. The molecule has 1 atom stereocenters. The molecule has 0 saturated carbocycles. The van der Waals surface area contributed by atoms with Crippen LogP contribution in [0, 0.1) is 0 Å². The number of carbonyl (C=O) groups excluding carboxylic acids is 1. The molecule has 0 aliphatic carbocycles. The van der Waals surface area contributed by atoms with Crippen LogP contribution in [0.2, 0.25) is 0 Å². The van der Waals surface area contributed by atoms with Crippen molar-refractivity contribution in [3.05, 3.63) is 47.2 Å². The van der Waals surface area contributed by atoms with Gasteiger partial charge in [-0.1, -0.05) is 35.4 Å². The van der Waals surface area contributed by atoms with Crippen molar-refractivity contribution in [1.82, 2.24) is 20.2 Å². The van der Waals surface area contributed by atoms with Crippen LogP contribution < -0.4 is 5.32 Å². The molecule has 22 heavy (non-hydrogen) atoms. The van der Waals surface area contributed by atoms with Gasteiger partial charge in [0.15, 0.2) is 0 Å². The molecule has 1 aliphatic rings. The van der Waals surface area contributed by atoms with Crippen molar-refractivity contribution in [3.8, 4) is 0 Å². The topological polar surface area (TPSA) is 81.9 Å². The predicted molar refractivity (Wildman–Crippen MR) is 79.9 cm³/mol. The number of nitrogens with zero attached hydrogens (tertiary/aromatic N) is 4. The minimum atomic E-state index is -0.404. The highest BCUT2D eigenvalue weighted by molar-refractivity contribution is 5.92. The van der Waals surface area contributed by atoms with Crippen molar-refractivity contribution < 1.29 is 9.53 Å². The molecule has 3 rings (SSSR count). The van der Waals surface area contributed by atoms with Gasteiger partial charge < -0.3 is 10.1 Å². The Bertz CT molecular complexity index is 721. The zero-order valence-electron chi connectivity index (χ0n) is 12.6. The summed E-state index contributed by atoms with van der Waals surface area (Å²) in [6.45, 7) is 5.47. The lowest BCUT2D eigenvalue weighted by molar-refractivity contribution is -0.143. The molecule has 2 aromatic rings. The van der Waals surface area contributed by atoms with E-state index in [-0.39, 0.29) is 12.1 Å². The Hall–Kier alpha value is -2.70. The number of tetrazole rings is 1. The summed E-state index contributed by atoms with van der Waals surface area (Å²) >= 11 is 0. The lowest BCUT2D eigenvalue weighted by Gasteiger charge is -2.27. The molecular formula is C15H17N5O2. The standard InChI is InChI=1S/C15H17N5O2/c1-9(2)22-14(21)12-10(3)16-15-17-18-19-20(15)13(12)11-7-5-4-6-8-11/h4-9,13H,1-3H3,(H,16,17,19)/t13-/m0/s1. The highest BCUT2D eigenvalue weighted by Crippen LogP contribution is 2.34. The fourth-order valence-electron chi connectivity index (χ4n) is 2.50. The predicted octanol–water partition coefficient (Wildman–Crippen LogP) is 1.91. The Morgan fingerprint density at radius 1 is 1.32 bits per heavy atom. The van der Waals surface area contributed by atoms with Gasteiger partial charge in [-0.3, -0.25) is 0 Å². The number of allylic oxidation sites excluding steroid dienone is 1. The van der Waals surface area contributed by atoms with E-state index in [0.29, 0.717) is 17.2 Å².